The van der Waals surface area contributed by atoms with Gasteiger partial charge in [0.15, 0.2) is 17.8 Å². The molecule has 96 valence electrons. The highest BCUT2D eigenvalue weighted by Gasteiger charge is 2.08. The fraction of sp³-hybridized carbons (Fsp3) is 0.400. The van der Waals surface area contributed by atoms with Gasteiger partial charge in [-0.05, 0) is 12.5 Å². The third kappa shape index (κ3) is 3.53. The molecule has 0 aliphatic heterocycles. The van der Waals surface area contributed by atoms with Crippen LogP contribution in [-0.2, 0) is 0 Å². The predicted molar refractivity (Wildman–Crippen MR) is 71.3 cm³/mol. The number of hydrogen-bond donors (Lipinski definition) is 0. The molecule has 0 saturated heterocycles. The summed E-state index contributed by atoms with van der Waals surface area (Å²) in [6.45, 7) is 2.12. The summed E-state index contributed by atoms with van der Waals surface area (Å²) in [6.07, 6.45) is 3.80. The van der Waals surface area contributed by atoms with Gasteiger partial charge in [-0.2, -0.15) is 0 Å². The molecular weight excluding hydrogens is 228 g/mol. The van der Waals surface area contributed by atoms with Crippen LogP contribution in [0, 0.1) is 11.8 Å². The molecule has 0 saturated carbocycles. The zero-order valence-electron chi connectivity index (χ0n) is 11.1. The first kappa shape index (κ1) is 14.1. The third-order valence-electron chi connectivity index (χ3n) is 2.56. The van der Waals surface area contributed by atoms with Gasteiger partial charge in [0.25, 0.3) is 0 Å². The number of hydrogen-bond acceptors (Lipinski definition) is 3. The van der Waals surface area contributed by atoms with E-state index in [9.17, 15) is 4.79 Å². The van der Waals surface area contributed by atoms with Crippen molar-refractivity contribution < 1.29 is 14.3 Å². The van der Waals surface area contributed by atoms with Crippen LogP contribution in [0.25, 0.3) is 0 Å². The van der Waals surface area contributed by atoms with Gasteiger partial charge < -0.3 is 9.47 Å². The summed E-state index contributed by atoms with van der Waals surface area (Å²) in [7, 11) is 3.10. The van der Waals surface area contributed by atoms with Crippen LogP contribution in [-0.4, -0.2) is 20.5 Å². The van der Waals surface area contributed by atoms with Gasteiger partial charge in [0, 0.05) is 23.6 Å². The number of aldehydes is 1. The summed E-state index contributed by atoms with van der Waals surface area (Å²) in [4.78, 5) is 11.0. The minimum atomic E-state index is 0.525. The number of methoxy groups -OCH3 is 2. The molecule has 0 amide bonds. The predicted octanol–water partition coefficient (Wildman–Crippen LogP) is 3.06. The molecule has 0 heterocycles. The van der Waals surface area contributed by atoms with Gasteiger partial charge in [-0.3, -0.25) is 4.79 Å². The highest BCUT2D eigenvalue weighted by molar-refractivity contribution is 5.81. The maximum absolute atomic E-state index is 11.0. The molecule has 3 nitrogen and oxygen atoms in total. The first-order valence-corrected chi connectivity index (χ1v) is 5.96. The zero-order chi connectivity index (χ0) is 13.4. The van der Waals surface area contributed by atoms with Crippen molar-refractivity contribution in [2.24, 2.45) is 0 Å². The smallest absolute Gasteiger partial charge is 0.162 e. The Morgan fingerprint density at radius 2 is 1.89 bits per heavy atom. The van der Waals surface area contributed by atoms with Crippen LogP contribution in [0.15, 0.2) is 12.1 Å². The average molecular weight is 246 g/mol. The summed E-state index contributed by atoms with van der Waals surface area (Å²) in [5.41, 5.74) is 1.20. The van der Waals surface area contributed by atoms with Crippen LogP contribution in [0.1, 0.15) is 42.1 Å². The molecule has 1 rings (SSSR count). The fourth-order valence-electron chi connectivity index (χ4n) is 1.52. The lowest BCUT2D eigenvalue weighted by Gasteiger charge is -2.09. The van der Waals surface area contributed by atoms with E-state index in [1.807, 2.05) is 0 Å². The van der Waals surface area contributed by atoms with Gasteiger partial charge in [-0.25, -0.2) is 0 Å². The van der Waals surface area contributed by atoms with E-state index in [1.165, 1.54) is 0 Å². The van der Waals surface area contributed by atoms with E-state index in [-0.39, 0.29) is 0 Å². The van der Waals surface area contributed by atoms with Crippen LogP contribution in [0.5, 0.6) is 11.5 Å². The van der Waals surface area contributed by atoms with Crippen molar-refractivity contribution in [3.05, 3.63) is 23.3 Å². The Bertz CT molecular complexity index is 467. The number of ether oxygens (including phenoxy) is 2. The molecule has 0 N–H and O–H groups in total. The maximum atomic E-state index is 11.0. The molecule has 0 bridgehead atoms. The second-order valence-corrected chi connectivity index (χ2v) is 3.82. The minimum Gasteiger partial charge on any atom is -0.493 e. The summed E-state index contributed by atoms with van der Waals surface area (Å²) >= 11 is 0. The Labute approximate surface area is 108 Å². The van der Waals surface area contributed by atoms with Crippen LogP contribution < -0.4 is 9.47 Å². The van der Waals surface area contributed by atoms with Crippen molar-refractivity contribution in [3.63, 3.8) is 0 Å². The van der Waals surface area contributed by atoms with Crippen molar-refractivity contribution >= 4 is 6.29 Å². The molecule has 0 spiro atoms. The largest absolute Gasteiger partial charge is 0.493 e. The first-order chi connectivity index (χ1) is 8.76. The lowest BCUT2D eigenvalue weighted by atomic mass is 10.1. The van der Waals surface area contributed by atoms with Crippen LogP contribution in [0.2, 0.25) is 0 Å². The van der Waals surface area contributed by atoms with E-state index < -0.39 is 0 Å². The van der Waals surface area contributed by atoms with Gasteiger partial charge in [-0.1, -0.05) is 25.2 Å². The van der Waals surface area contributed by atoms with Crippen molar-refractivity contribution in [1.82, 2.24) is 0 Å². The van der Waals surface area contributed by atoms with Crippen LogP contribution in [0.3, 0.4) is 0 Å². The molecule has 18 heavy (non-hydrogen) atoms. The van der Waals surface area contributed by atoms with Crippen LogP contribution >= 0.6 is 0 Å². The van der Waals surface area contributed by atoms with Gasteiger partial charge >= 0.3 is 0 Å². The molecule has 1 aromatic rings. The minimum absolute atomic E-state index is 0.525. The van der Waals surface area contributed by atoms with Crippen molar-refractivity contribution in [2.45, 2.75) is 26.2 Å². The number of carbonyl (C=O) groups is 1. The highest BCUT2D eigenvalue weighted by Crippen LogP contribution is 2.29. The molecule has 0 unspecified atom stereocenters. The second kappa shape index (κ2) is 7.39. The van der Waals surface area contributed by atoms with Gasteiger partial charge in [0.05, 0.1) is 14.2 Å². The van der Waals surface area contributed by atoms with Crippen molar-refractivity contribution in [1.29, 1.82) is 0 Å². The Morgan fingerprint density at radius 1 is 1.22 bits per heavy atom. The van der Waals surface area contributed by atoms with E-state index in [0.29, 0.717) is 22.6 Å². The Kier molecular flexibility index (Phi) is 5.79. The lowest BCUT2D eigenvalue weighted by Crippen LogP contribution is -1.95. The molecule has 0 fully saturated rings. The monoisotopic (exact) mass is 246 g/mol. The highest BCUT2D eigenvalue weighted by atomic mass is 16.5. The SMILES string of the molecule is CCCCC#Cc1cc(OC)c(OC)cc1C=O. The summed E-state index contributed by atoms with van der Waals surface area (Å²) < 4.78 is 10.3. The van der Waals surface area contributed by atoms with Crippen molar-refractivity contribution in [3.8, 4) is 23.3 Å². The molecule has 1 aromatic carbocycles. The Hall–Kier alpha value is -1.95. The number of carbonyl (C=O) groups excluding carboxylic acids is 1. The molecule has 3 heteroatoms. The van der Waals surface area contributed by atoms with E-state index in [4.69, 9.17) is 9.47 Å². The van der Waals surface area contributed by atoms with Gasteiger partial charge in [-0.15, -0.1) is 0 Å². The summed E-state index contributed by atoms with van der Waals surface area (Å²) in [5, 5.41) is 0. The van der Waals surface area contributed by atoms with Gasteiger partial charge in [0.2, 0.25) is 0 Å². The summed E-state index contributed by atoms with van der Waals surface area (Å²) in [6, 6.07) is 3.39. The molecule has 0 aliphatic carbocycles. The third-order valence-corrected chi connectivity index (χ3v) is 2.56. The Balaban J connectivity index is 3.08. The standard InChI is InChI=1S/C15H18O3/c1-4-5-6-7-8-12-9-14(17-2)15(18-3)10-13(12)11-16/h9-11H,4-6H2,1-3H3. The average Bonchev–Trinajstić information content (AvgIpc) is 2.42. The van der Waals surface area contributed by atoms with Gasteiger partial charge in [0.1, 0.15) is 0 Å². The number of unbranched alkanes of at least 4 members (excludes halogenated alkanes) is 2. The second-order valence-electron chi connectivity index (χ2n) is 3.82. The van der Waals surface area contributed by atoms with E-state index >= 15 is 0 Å². The van der Waals surface area contributed by atoms with E-state index in [0.717, 1.165) is 25.5 Å². The quantitative estimate of drug-likeness (QED) is 0.455. The lowest BCUT2D eigenvalue weighted by molar-refractivity contribution is 0.112. The van der Waals surface area contributed by atoms with E-state index in [2.05, 4.69) is 18.8 Å². The summed E-state index contributed by atoms with van der Waals surface area (Å²) in [5.74, 6) is 7.20. The molecule has 0 radical (unpaired) electrons. The van der Waals surface area contributed by atoms with E-state index in [1.54, 1.807) is 26.4 Å². The number of benzene rings is 1. The topological polar surface area (TPSA) is 35.5 Å². The first-order valence-electron chi connectivity index (χ1n) is 5.96. The molecule has 0 atom stereocenters. The Morgan fingerprint density at radius 3 is 2.44 bits per heavy atom. The van der Waals surface area contributed by atoms with Crippen LogP contribution in [0.4, 0.5) is 0 Å². The normalized spacial score (nSPS) is 9.28. The van der Waals surface area contributed by atoms with Crippen molar-refractivity contribution in [2.75, 3.05) is 14.2 Å². The maximum Gasteiger partial charge on any atom is 0.162 e. The molecular formula is C15H18O3. The molecule has 0 aliphatic rings. The number of rotatable bonds is 5. The fourth-order valence-corrected chi connectivity index (χ4v) is 1.52. The molecule has 0 aromatic heterocycles. The zero-order valence-corrected chi connectivity index (χ0v) is 11.1.